The smallest absolute Gasteiger partial charge is 0.241 e. The summed E-state index contributed by atoms with van der Waals surface area (Å²) < 4.78 is 0. The number of hydrazine groups is 1. The highest BCUT2D eigenvalue weighted by Gasteiger charge is 2.41. The van der Waals surface area contributed by atoms with Crippen LogP contribution in [0.25, 0.3) is 0 Å². The lowest BCUT2D eigenvalue weighted by Gasteiger charge is -2.47. The van der Waals surface area contributed by atoms with Gasteiger partial charge in [0.2, 0.25) is 5.91 Å². The first-order valence-corrected chi connectivity index (χ1v) is 9.07. The molecular weight excluding hydrogens is 300 g/mol. The van der Waals surface area contributed by atoms with Crippen LogP contribution in [0.1, 0.15) is 32.3 Å². The summed E-state index contributed by atoms with van der Waals surface area (Å²) >= 11 is 0. The highest BCUT2D eigenvalue weighted by Crippen LogP contribution is 2.37. The van der Waals surface area contributed by atoms with Crippen molar-refractivity contribution in [1.29, 1.82) is 0 Å². The van der Waals surface area contributed by atoms with Crippen molar-refractivity contribution in [2.75, 3.05) is 25.1 Å². The van der Waals surface area contributed by atoms with E-state index in [0.717, 1.165) is 38.0 Å². The van der Waals surface area contributed by atoms with Gasteiger partial charge in [-0.05, 0) is 51.8 Å². The Hall–Kier alpha value is -1.59. The molecule has 1 amide bonds. The van der Waals surface area contributed by atoms with Crippen LogP contribution in [0.2, 0.25) is 0 Å². The van der Waals surface area contributed by atoms with Crippen molar-refractivity contribution >= 4 is 11.6 Å². The third-order valence-electron chi connectivity index (χ3n) is 6.08. The minimum absolute atomic E-state index is 0.0811. The summed E-state index contributed by atoms with van der Waals surface area (Å²) in [5.41, 5.74) is 5.63. The Morgan fingerprint density at radius 1 is 1.21 bits per heavy atom. The second kappa shape index (κ2) is 5.74. The number of likely N-dealkylation sites (N-methyl/N-ethyl adjacent to an activating group) is 1. The normalized spacial score (nSPS) is 31.6. The Bertz CT molecular complexity index is 630. The van der Waals surface area contributed by atoms with E-state index in [1.807, 2.05) is 6.07 Å². The largest absolute Gasteiger partial charge is 0.314 e. The second-order valence-corrected chi connectivity index (χ2v) is 8.23. The zero-order valence-corrected chi connectivity index (χ0v) is 14.9. The molecule has 1 aromatic rings. The number of rotatable bonds is 2. The number of piperazine rings is 1. The molecule has 130 valence electrons. The van der Waals surface area contributed by atoms with E-state index in [-0.39, 0.29) is 17.4 Å². The number of carbonyl (C=O) groups excluding carboxylic acids is 1. The van der Waals surface area contributed by atoms with Crippen molar-refractivity contribution in [3.63, 3.8) is 0 Å². The van der Waals surface area contributed by atoms with E-state index in [9.17, 15) is 4.79 Å². The molecule has 1 aromatic carbocycles. The minimum Gasteiger partial charge on any atom is -0.314 e. The van der Waals surface area contributed by atoms with Crippen LogP contribution in [0.3, 0.4) is 0 Å². The van der Waals surface area contributed by atoms with Crippen LogP contribution in [-0.4, -0.2) is 48.6 Å². The van der Waals surface area contributed by atoms with Crippen molar-refractivity contribution in [2.24, 2.45) is 5.92 Å². The zero-order valence-electron chi connectivity index (χ0n) is 14.9. The van der Waals surface area contributed by atoms with E-state index in [2.05, 4.69) is 59.7 Å². The van der Waals surface area contributed by atoms with Gasteiger partial charge in [-0.1, -0.05) is 18.2 Å². The lowest BCUT2D eigenvalue weighted by Crippen LogP contribution is -2.62. The van der Waals surface area contributed by atoms with Gasteiger partial charge in [0.25, 0.3) is 0 Å². The number of carbonyl (C=O) groups is 1. The van der Waals surface area contributed by atoms with Crippen molar-refractivity contribution in [3.8, 4) is 0 Å². The molecule has 2 N–H and O–H groups in total. The van der Waals surface area contributed by atoms with Gasteiger partial charge in [-0.25, -0.2) is 0 Å². The maximum absolute atomic E-state index is 13.0. The van der Waals surface area contributed by atoms with E-state index >= 15 is 0 Å². The van der Waals surface area contributed by atoms with Crippen LogP contribution < -0.4 is 15.8 Å². The molecule has 2 saturated heterocycles. The lowest BCUT2D eigenvalue weighted by atomic mass is 9.83. The SMILES string of the molecule is CN1C2CNCC1CC(C(=O)NN1c3ccccc3CC1(C)C)C2. The summed E-state index contributed by atoms with van der Waals surface area (Å²) in [4.78, 5) is 15.5. The number of hydrogen-bond acceptors (Lipinski definition) is 4. The average molecular weight is 328 g/mol. The summed E-state index contributed by atoms with van der Waals surface area (Å²) in [7, 11) is 2.20. The summed E-state index contributed by atoms with van der Waals surface area (Å²) in [6, 6.07) is 9.35. The molecule has 2 fully saturated rings. The number of benzene rings is 1. The Labute approximate surface area is 144 Å². The number of anilines is 1. The number of fused-ring (bicyclic) bond motifs is 3. The fourth-order valence-corrected chi connectivity index (χ4v) is 4.63. The van der Waals surface area contributed by atoms with Crippen LogP contribution in [0.15, 0.2) is 24.3 Å². The van der Waals surface area contributed by atoms with Gasteiger partial charge in [0.1, 0.15) is 0 Å². The number of piperidine rings is 1. The Balaban J connectivity index is 1.50. The van der Waals surface area contributed by atoms with Gasteiger partial charge in [0, 0.05) is 31.1 Å². The molecule has 4 rings (SSSR count). The van der Waals surface area contributed by atoms with Gasteiger partial charge in [0.05, 0.1) is 11.2 Å². The Morgan fingerprint density at radius 2 is 1.88 bits per heavy atom. The van der Waals surface area contributed by atoms with E-state index in [1.54, 1.807) is 0 Å². The van der Waals surface area contributed by atoms with Gasteiger partial charge in [0.15, 0.2) is 0 Å². The molecule has 0 radical (unpaired) electrons. The van der Waals surface area contributed by atoms with Crippen LogP contribution >= 0.6 is 0 Å². The highest BCUT2D eigenvalue weighted by atomic mass is 16.2. The topological polar surface area (TPSA) is 47.6 Å². The molecule has 2 atom stereocenters. The van der Waals surface area contributed by atoms with E-state index in [1.165, 1.54) is 5.56 Å². The molecule has 2 bridgehead atoms. The molecule has 0 saturated carbocycles. The summed E-state index contributed by atoms with van der Waals surface area (Å²) in [6.07, 6.45) is 2.86. The first-order valence-electron chi connectivity index (χ1n) is 9.07. The second-order valence-electron chi connectivity index (χ2n) is 8.23. The summed E-state index contributed by atoms with van der Waals surface area (Å²) in [5, 5.41) is 5.59. The number of nitrogens with one attached hydrogen (secondary N) is 2. The van der Waals surface area contributed by atoms with Crippen molar-refractivity contribution in [2.45, 2.75) is 50.7 Å². The van der Waals surface area contributed by atoms with Crippen molar-refractivity contribution in [1.82, 2.24) is 15.6 Å². The minimum atomic E-state index is -0.0811. The van der Waals surface area contributed by atoms with Crippen LogP contribution in [0, 0.1) is 5.92 Å². The maximum atomic E-state index is 13.0. The van der Waals surface area contributed by atoms with Crippen molar-refractivity contribution < 1.29 is 4.79 Å². The maximum Gasteiger partial charge on any atom is 0.241 e. The quantitative estimate of drug-likeness (QED) is 0.865. The lowest BCUT2D eigenvalue weighted by molar-refractivity contribution is -0.129. The third kappa shape index (κ3) is 2.60. The number of hydrogen-bond donors (Lipinski definition) is 2. The Kier molecular flexibility index (Phi) is 3.81. The van der Waals surface area contributed by atoms with Crippen LogP contribution in [0.4, 0.5) is 5.69 Å². The standard InChI is InChI=1S/C19H28N4O/c1-19(2)10-13-6-4-5-7-17(13)23(19)21-18(24)14-8-15-11-20-12-16(9-14)22(15)3/h4-7,14-16,20H,8-12H2,1-3H3,(H,21,24). The summed E-state index contributed by atoms with van der Waals surface area (Å²) in [5.74, 6) is 0.298. The van der Waals surface area contributed by atoms with Crippen LogP contribution in [0.5, 0.6) is 0 Å². The molecule has 3 aliphatic rings. The van der Waals surface area contributed by atoms with Gasteiger partial charge < -0.3 is 5.32 Å². The average Bonchev–Trinajstić information content (AvgIpc) is 2.77. The molecular formula is C19H28N4O. The van der Waals surface area contributed by atoms with Crippen molar-refractivity contribution in [3.05, 3.63) is 29.8 Å². The van der Waals surface area contributed by atoms with Gasteiger partial charge >= 0.3 is 0 Å². The first kappa shape index (κ1) is 15.9. The summed E-state index contributed by atoms with van der Waals surface area (Å²) in [6.45, 7) is 6.38. The third-order valence-corrected chi connectivity index (χ3v) is 6.08. The first-order chi connectivity index (χ1) is 11.5. The number of nitrogens with zero attached hydrogens (tertiary/aromatic N) is 2. The fraction of sp³-hybridized carbons (Fsp3) is 0.632. The molecule has 0 spiro atoms. The fourth-order valence-electron chi connectivity index (χ4n) is 4.63. The highest BCUT2D eigenvalue weighted by molar-refractivity contribution is 5.82. The predicted molar refractivity (Wildman–Crippen MR) is 95.8 cm³/mol. The molecule has 5 nitrogen and oxygen atoms in total. The molecule has 2 unspecified atom stereocenters. The predicted octanol–water partition coefficient (Wildman–Crippen LogP) is 1.54. The Morgan fingerprint density at radius 3 is 2.58 bits per heavy atom. The van der Waals surface area contributed by atoms with Gasteiger partial charge in [-0.2, -0.15) is 0 Å². The van der Waals surface area contributed by atoms with E-state index in [4.69, 9.17) is 0 Å². The number of para-hydroxylation sites is 1. The molecule has 0 aromatic heterocycles. The van der Waals surface area contributed by atoms with E-state index < -0.39 is 0 Å². The molecule has 0 aliphatic carbocycles. The molecule has 3 heterocycles. The molecule has 5 heteroatoms. The molecule has 24 heavy (non-hydrogen) atoms. The van der Waals surface area contributed by atoms with Gasteiger partial charge in [-0.3, -0.25) is 20.1 Å². The number of amides is 1. The monoisotopic (exact) mass is 328 g/mol. The van der Waals surface area contributed by atoms with Gasteiger partial charge in [-0.15, -0.1) is 0 Å². The van der Waals surface area contributed by atoms with E-state index in [0.29, 0.717) is 12.1 Å². The van der Waals surface area contributed by atoms with Crippen LogP contribution in [-0.2, 0) is 11.2 Å². The molecule has 3 aliphatic heterocycles. The zero-order chi connectivity index (χ0) is 16.9.